The largest absolute Gasteiger partial charge is 2.00 e. The topological polar surface area (TPSA) is 74.6 Å². The Morgan fingerprint density at radius 1 is 0.556 bits per heavy atom. The Morgan fingerprint density at radius 2 is 0.833 bits per heavy atom. The van der Waals surface area contributed by atoms with E-state index < -0.39 is 24.3 Å². The Labute approximate surface area is 347 Å². The predicted molar refractivity (Wildman–Crippen MR) is 199 cm³/mol. The van der Waals surface area contributed by atoms with Crippen LogP contribution < -0.4 is 0 Å². The van der Waals surface area contributed by atoms with Gasteiger partial charge in [-0.25, -0.2) is 9.59 Å². The van der Waals surface area contributed by atoms with Crippen LogP contribution in [0, 0.1) is 62.9 Å². The summed E-state index contributed by atoms with van der Waals surface area (Å²) in [5.41, 5.74) is 7.01. The summed E-state index contributed by atoms with van der Waals surface area (Å²) in [6.45, 7) is 2.73. The predicted octanol–water partition coefficient (Wildman–Crippen LogP) is 12.7. The van der Waals surface area contributed by atoms with Gasteiger partial charge >= 0.3 is 60.8 Å². The van der Waals surface area contributed by atoms with Gasteiger partial charge in [-0.1, -0.05) is 99.8 Å². The van der Waals surface area contributed by atoms with Crippen LogP contribution >= 0.6 is 15.8 Å². The first-order valence-electron chi connectivity index (χ1n) is 19.3. The van der Waals surface area contributed by atoms with E-state index in [1.165, 1.54) is 77.0 Å². The summed E-state index contributed by atoms with van der Waals surface area (Å²) < 4.78 is 63.5. The summed E-state index contributed by atoms with van der Waals surface area (Å²) >= 11 is 0. The third-order valence-electron chi connectivity index (χ3n) is 11.0. The van der Waals surface area contributed by atoms with Crippen LogP contribution in [-0.2, 0) is 46.1 Å². The maximum absolute atomic E-state index is 10.6. The molecule has 54 heavy (non-hydrogen) atoms. The monoisotopic (exact) mass is 936 g/mol. The van der Waals surface area contributed by atoms with Crippen molar-refractivity contribution in [1.29, 1.82) is 0 Å². The van der Waals surface area contributed by atoms with Gasteiger partial charge in [0, 0.05) is 5.66 Å². The number of rotatable bonds is 7. The molecule has 2 N–H and O–H groups in total. The van der Waals surface area contributed by atoms with Crippen LogP contribution in [0.4, 0.5) is 26.3 Å². The maximum atomic E-state index is 10.6. The van der Waals surface area contributed by atoms with Gasteiger partial charge in [0.05, 0.1) is 0 Å². The van der Waals surface area contributed by atoms with Crippen molar-refractivity contribution in [2.75, 3.05) is 0 Å². The first-order chi connectivity index (χ1) is 24.7. The molecule has 0 aromatic heterocycles. The molecule has 0 heterocycles. The van der Waals surface area contributed by atoms with Crippen LogP contribution in [0.1, 0.15) is 135 Å². The number of carboxylic acid groups (broad SMARTS) is 2. The van der Waals surface area contributed by atoms with Crippen LogP contribution in [0.2, 0.25) is 0 Å². The molecule has 0 amide bonds. The van der Waals surface area contributed by atoms with Crippen molar-refractivity contribution in [3.63, 3.8) is 0 Å². The summed E-state index contributed by atoms with van der Waals surface area (Å²) in [5, 5.41) is 14.2. The fourth-order valence-corrected chi connectivity index (χ4v) is 17.1. The molecule has 14 heteroatoms. The summed E-state index contributed by atoms with van der Waals surface area (Å²) in [4.78, 5) is 17.8. The van der Waals surface area contributed by atoms with Crippen molar-refractivity contribution in [2.24, 2.45) is 0 Å². The van der Waals surface area contributed by atoms with Crippen molar-refractivity contribution < 1.29 is 82.7 Å². The van der Waals surface area contributed by atoms with Gasteiger partial charge in [-0.05, 0) is 137 Å². The molecule has 6 fully saturated rings. The van der Waals surface area contributed by atoms with Crippen LogP contribution in [0.5, 0.6) is 0 Å². The molecule has 6 aliphatic rings. The zero-order chi connectivity index (χ0) is 38.1. The molecular weight excluding hydrogens is 877 g/mol. The normalized spacial score (nSPS) is 23.4. The quantitative estimate of drug-likeness (QED) is 0.152. The average Bonchev–Trinajstić information content (AvgIpc) is 3.87. The minimum atomic E-state index is -5.08. The van der Waals surface area contributed by atoms with E-state index in [9.17, 15) is 26.3 Å². The number of alkyl halides is 6. The number of hydrogen-bond donors (Lipinski definition) is 2. The Bertz CT molecular complexity index is 946. The smallest absolute Gasteiger partial charge is 0.475 e. The molecule has 0 saturated heterocycles. The van der Waals surface area contributed by atoms with Crippen molar-refractivity contribution in [2.45, 2.75) is 176 Å². The minimum absolute atomic E-state index is 0. The van der Waals surface area contributed by atoms with E-state index in [0.717, 1.165) is 28.3 Å². The number of aliphatic carboxylic acids is 2. The Hall–Kier alpha value is 0.523. The van der Waals surface area contributed by atoms with Gasteiger partial charge in [-0.2, -0.15) is 26.3 Å². The second-order valence-electron chi connectivity index (χ2n) is 14.6. The fraction of sp³-hybridized carbons (Fsp3) is 0.700. The molecule has 0 aromatic carbocycles. The molecule has 306 valence electrons. The third kappa shape index (κ3) is 18.2. The van der Waals surface area contributed by atoms with Crippen LogP contribution in [0.25, 0.3) is 0 Å². The first kappa shape index (κ1) is 52.5. The van der Waals surface area contributed by atoms with E-state index in [2.05, 4.69) is 26.2 Å². The standard InChI is InChI=1S/C31H51P2.C5H5.2C2HF3O2.Fe.Ru/c1-25(32(26-15-6-2-7-16-26)27-17-8-3-9-18-27)30-23-14-24-31(30)33(28-19-10-4-11-20-28)29-21-12-5-13-22-29;1-2-4-5-3-1;2*3-2(4,5)1(6)7;;/h14,23-29H,2-13,15-22H2,1H3;1-5H;2*(H,6,7);;/q;;;;2*+2/t25-;;;;;/m1...../s1. The molecule has 0 aromatic rings. The van der Waals surface area contributed by atoms with Crippen LogP contribution in [0.15, 0.2) is 0 Å². The molecule has 6 aliphatic carbocycles. The third-order valence-corrected chi connectivity index (χ3v) is 18.4. The zero-order valence-electron chi connectivity index (χ0n) is 31.2. The molecule has 10 radical (unpaired) electrons. The van der Waals surface area contributed by atoms with Crippen molar-refractivity contribution in [3.05, 3.63) is 62.9 Å². The van der Waals surface area contributed by atoms with Gasteiger partial charge in [0.2, 0.25) is 0 Å². The summed E-state index contributed by atoms with van der Waals surface area (Å²) in [6, 6.07) is 0. The fourth-order valence-electron chi connectivity index (χ4n) is 8.59. The van der Waals surface area contributed by atoms with Crippen molar-refractivity contribution in [3.8, 4) is 0 Å². The van der Waals surface area contributed by atoms with Crippen molar-refractivity contribution in [1.82, 2.24) is 0 Å². The first-order valence-corrected chi connectivity index (χ1v) is 22.3. The van der Waals surface area contributed by atoms with E-state index in [1.807, 2.05) is 43.7 Å². The van der Waals surface area contributed by atoms with Gasteiger partial charge in [-0.3, -0.25) is 0 Å². The van der Waals surface area contributed by atoms with Gasteiger partial charge in [-0.15, -0.1) is 0 Å². The van der Waals surface area contributed by atoms with E-state index in [0.29, 0.717) is 0 Å². The van der Waals surface area contributed by atoms with E-state index in [-0.39, 0.29) is 52.4 Å². The van der Waals surface area contributed by atoms with E-state index >= 15 is 0 Å². The minimum Gasteiger partial charge on any atom is -0.475 e. The number of carboxylic acids is 2. The molecule has 6 saturated carbocycles. The van der Waals surface area contributed by atoms with Crippen LogP contribution in [0.3, 0.4) is 0 Å². The van der Waals surface area contributed by atoms with Gasteiger partial charge in [0.25, 0.3) is 0 Å². The molecule has 0 bridgehead atoms. The van der Waals surface area contributed by atoms with E-state index in [1.54, 1.807) is 51.4 Å². The van der Waals surface area contributed by atoms with Crippen molar-refractivity contribution >= 4 is 27.8 Å². The number of carbonyl (C=O) groups is 2. The number of halogens is 6. The molecule has 0 aliphatic heterocycles. The Balaban J connectivity index is 0.000000572. The summed E-state index contributed by atoms with van der Waals surface area (Å²) in [6.07, 6.45) is 38.2. The summed E-state index contributed by atoms with van der Waals surface area (Å²) in [5.74, 6) is -3.64. The zero-order valence-corrected chi connectivity index (χ0v) is 35.9. The van der Waals surface area contributed by atoms with Gasteiger partial charge in [0.1, 0.15) is 0 Å². The average molecular weight is 936 g/mol. The molecule has 6 rings (SSSR count). The Kier molecular flexibility index (Phi) is 26.6. The Morgan fingerprint density at radius 3 is 1.11 bits per heavy atom. The van der Waals surface area contributed by atoms with Gasteiger partial charge in [0.15, 0.2) is 0 Å². The maximum Gasteiger partial charge on any atom is 2.00 e. The molecule has 0 unspecified atom stereocenters. The second-order valence-corrected chi connectivity index (χ2v) is 20.5. The van der Waals surface area contributed by atoms with Crippen LogP contribution in [-0.4, -0.2) is 62.8 Å². The second kappa shape index (κ2) is 27.3. The van der Waals surface area contributed by atoms with Gasteiger partial charge < -0.3 is 10.2 Å². The van der Waals surface area contributed by atoms with E-state index in [4.69, 9.17) is 19.8 Å². The summed E-state index contributed by atoms with van der Waals surface area (Å²) in [7, 11) is 0.168. The molecule has 4 nitrogen and oxygen atoms in total. The SMILES string of the molecule is C[C@H]([C]1[CH][CH][CH][C]1P(C1CCCCC1)C1CCCCC1)P(C1CCCCC1)C1CCCCC1.O=C(O)C(F)(F)F.O=C(O)C(F)(F)F.[CH]1[CH][CH][CH][CH]1.[Fe+2].[Ru+2]. The molecule has 1 atom stereocenters. The molecular formula is C40H58F6FeO4P2Ru+4. The molecule has 0 spiro atoms. The number of hydrogen-bond acceptors (Lipinski definition) is 2.